The SMILES string of the molecule is CCC1(OC(=O)CC23CC4CC(C2)CC(CC(=O)OC2(CC)CC5CCC2C5)(C4)C3)CC2CCC1C2. The van der Waals surface area contributed by atoms with Crippen molar-refractivity contribution in [2.24, 2.45) is 46.3 Å². The van der Waals surface area contributed by atoms with Crippen LogP contribution >= 0.6 is 0 Å². The maximum absolute atomic E-state index is 13.5. The number of carbonyl (C=O) groups is 2. The molecule has 0 N–H and O–H groups in total. The van der Waals surface area contributed by atoms with Crippen LogP contribution in [0.2, 0.25) is 0 Å². The Morgan fingerprint density at radius 2 is 1.06 bits per heavy atom. The zero-order valence-corrected chi connectivity index (χ0v) is 22.8. The molecule has 0 saturated heterocycles. The summed E-state index contributed by atoms with van der Waals surface area (Å²) in [5, 5.41) is 0. The third-order valence-electron chi connectivity index (χ3n) is 13.0. The monoisotopic (exact) mass is 496 g/mol. The van der Waals surface area contributed by atoms with E-state index >= 15 is 0 Å². The van der Waals surface area contributed by atoms with E-state index in [0.29, 0.717) is 36.5 Å². The molecule has 0 aromatic rings. The maximum atomic E-state index is 13.5. The van der Waals surface area contributed by atoms with Gasteiger partial charge in [-0.05, 0) is 149 Å². The maximum Gasteiger partial charge on any atom is 0.306 e. The molecule has 0 amide bonds. The molecule has 200 valence electrons. The van der Waals surface area contributed by atoms with Crippen molar-refractivity contribution in [3.8, 4) is 0 Å². The number of ether oxygens (including phenoxy) is 2. The third kappa shape index (κ3) is 3.73. The van der Waals surface area contributed by atoms with Gasteiger partial charge in [0, 0.05) is 0 Å². The van der Waals surface area contributed by atoms with E-state index in [4.69, 9.17) is 9.47 Å². The van der Waals surface area contributed by atoms with Crippen molar-refractivity contribution in [2.75, 3.05) is 0 Å². The van der Waals surface area contributed by atoms with Crippen LogP contribution in [0, 0.1) is 46.3 Å². The summed E-state index contributed by atoms with van der Waals surface area (Å²) in [7, 11) is 0. The summed E-state index contributed by atoms with van der Waals surface area (Å²) in [6.45, 7) is 4.44. The van der Waals surface area contributed by atoms with Crippen molar-refractivity contribution in [3.05, 3.63) is 0 Å². The molecule has 0 aliphatic heterocycles. The van der Waals surface area contributed by atoms with Crippen LogP contribution < -0.4 is 0 Å². The number of fused-ring (bicyclic) bond motifs is 4. The number of hydrogen-bond donors (Lipinski definition) is 0. The van der Waals surface area contributed by atoms with Gasteiger partial charge in [0.05, 0.1) is 12.8 Å². The summed E-state index contributed by atoms with van der Waals surface area (Å²) >= 11 is 0. The molecule has 0 aromatic heterocycles. The fourth-order valence-electron chi connectivity index (χ4n) is 12.2. The Hall–Kier alpha value is -1.06. The molecular weight excluding hydrogens is 448 g/mol. The molecule has 0 heterocycles. The molecule has 8 rings (SSSR count). The van der Waals surface area contributed by atoms with Crippen molar-refractivity contribution in [1.82, 2.24) is 0 Å². The van der Waals surface area contributed by atoms with Gasteiger partial charge in [0.25, 0.3) is 0 Å². The zero-order chi connectivity index (χ0) is 24.8. The summed E-state index contributed by atoms with van der Waals surface area (Å²) in [4.78, 5) is 27.0. The molecule has 8 fully saturated rings. The molecule has 8 bridgehead atoms. The fraction of sp³-hybridized carbons (Fsp3) is 0.938. The highest BCUT2D eigenvalue weighted by molar-refractivity contribution is 5.72. The number of hydrogen-bond acceptors (Lipinski definition) is 4. The first-order valence-electron chi connectivity index (χ1n) is 15.7. The normalized spacial score (nSPS) is 51.7. The molecule has 8 saturated carbocycles. The largest absolute Gasteiger partial charge is 0.459 e. The highest BCUT2D eigenvalue weighted by atomic mass is 16.6. The van der Waals surface area contributed by atoms with Crippen molar-refractivity contribution in [2.45, 2.75) is 141 Å². The first-order valence-corrected chi connectivity index (χ1v) is 15.7. The molecule has 8 aliphatic carbocycles. The van der Waals surface area contributed by atoms with E-state index in [1.807, 2.05) is 0 Å². The quantitative estimate of drug-likeness (QED) is 0.329. The second-order valence-electron chi connectivity index (χ2n) is 15.3. The van der Waals surface area contributed by atoms with Crippen LogP contribution in [-0.2, 0) is 19.1 Å². The van der Waals surface area contributed by atoms with E-state index in [-0.39, 0.29) is 34.0 Å². The van der Waals surface area contributed by atoms with E-state index in [2.05, 4.69) is 13.8 Å². The highest BCUT2D eigenvalue weighted by Crippen LogP contribution is 2.68. The van der Waals surface area contributed by atoms with Crippen molar-refractivity contribution in [3.63, 3.8) is 0 Å². The second-order valence-corrected chi connectivity index (χ2v) is 15.3. The van der Waals surface area contributed by atoms with Gasteiger partial charge in [-0.15, -0.1) is 0 Å². The average molecular weight is 497 g/mol. The Kier molecular flexibility index (Phi) is 5.48. The Morgan fingerprint density at radius 1 is 0.611 bits per heavy atom. The Balaban J connectivity index is 1.04. The van der Waals surface area contributed by atoms with E-state index in [1.165, 1.54) is 70.6 Å². The van der Waals surface area contributed by atoms with E-state index in [0.717, 1.165) is 43.9 Å². The molecule has 0 aromatic carbocycles. The van der Waals surface area contributed by atoms with Crippen LogP contribution in [-0.4, -0.2) is 23.1 Å². The standard InChI is InChI=1S/C32H48O4/c1-3-31(16-21-5-7-25(31)10-21)35-27(33)18-29-12-23-9-24(13-29)15-30(14-23,20-29)19-28(34)36-32(4-2)17-22-6-8-26(32)11-22/h21-26H,3-20H2,1-2H3. The van der Waals surface area contributed by atoms with Crippen LogP contribution in [0.25, 0.3) is 0 Å². The van der Waals surface area contributed by atoms with Gasteiger partial charge in [-0.25, -0.2) is 0 Å². The molecule has 0 spiro atoms. The van der Waals surface area contributed by atoms with Crippen LogP contribution in [0.1, 0.15) is 129 Å². The molecule has 36 heavy (non-hydrogen) atoms. The molecule has 6 unspecified atom stereocenters. The summed E-state index contributed by atoms with van der Waals surface area (Å²) in [5.41, 5.74) is -0.246. The highest BCUT2D eigenvalue weighted by Gasteiger charge is 2.60. The lowest BCUT2D eigenvalue weighted by molar-refractivity contribution is -0.184. The van der Waals surface area contributed by atoms with Crippen LogP contribution in [0.5, 0.6) is 0 Å². The smallest absolute Gasteiger partial charge is 0.306 e. The average Bonchev–Trinajstić information content (AvgIpc) is 3.58. The minimum atomic E-state index is -0.182. The predicted molar refractivity (Wildman–Crippen MR) is 138 cm³/mol. The minimum Gasteiger partial charge on any atom is -0.459 e. The number of esters is 2. The third-order valence-corrected chi connectivity index (χ3v) is 13.0. The first kappa shape index (κ1) is 24.0. The van der Waals surface area contributed by atoms with Gasteiger partial charge in [-0.3, -0.25) is 9.59 Å². The Morgan fingerprint density at radius 3 is 1.39 bits per heavy atom. The lowest BCUT2D eigenvalue weighted by Gasteiger charge is -2.62. The predicted octanol–water partition coefficient (Wildman–Crippen LogP) is 7.38. The second kappa shape index (κ2) is 8.22. The molecular formula is C32H48O4. The van der Waals surface area contributed by atoms with Crippen LogP contribution in [0.4, 0.5) is 0 Å². The van der Waals surface area contributed by atoms with Gasteiger partial charge in [-0.2, -0.15) is 0 Å². The summed E-state index contributed by atoms with van der Waals surface area (Å²) in [5.74, 6) is 4.22. The minimum absolute atomic E-state index is 0.0584. The van der Waals surface area contributed by atoms with Crippen molar-refractivity contribution in [1.29, 1.82) is 0 Å². The van der Waals surface area contributed by atoms with Gasteiger partial charge in [0.15, 0.2) is 0 Å². The van der Waals surface area contributed by atoms with Crippen LogP contribution in [0.3, 0.4) is 0 Å². The molecule has 6 atom stereocenters. The fourth-order valence-corrected chi connectivity index (χ4v) is 12.2. The number of rotatable bonds is 8. The first-order chi connectivity index (χ1) is 17.3. The molecule has 4 nitrogen and oxygen atoms in total. The van der Waals surface area contributed by atoms with E-state index < -0.39 is 0 Å². The summed E-state index contributed by atoms with van der Waals surface area (Å²) in [6, 6.07) is 0. The zero-order valence-electron chi connectivity index (χ0n) is 22.8. The van der Waals surface area contributed by atoms with E-state index in [9.17, 15) is 9.59 Å². The molecule has 0 radical (unpaired) electrons. The topological polar surface area (TPSA) is 52.6 Å². The van der Waals surface area contributed by atoms with Gasteiger partial charge >= 0.3 is 11.9 Å². The van der Waals surface area contributed by atoms with Gasteiger partial charge in [0.1, 0.15) is 11.2 Å². The lowest BCUT2D eigenvalue weighted by Crippen LogP contribution is -2.54. The summed E-state index contributed by atoms with van der Waals surface area (Å²) < 4.78 is 12.9. The van der Waals surface area contributed by atoms with Crippen molar-refractivity contribution < 1.29 is 19.1 Å². The number of carbonyl (C=O) groups excluding carboxylic acids is 2. The summed E-state index contributed by atoms with van der Waals surface area (Å²) in [6.07, 6.45) is 20.0. The Labute approximate surface area is 218 Å². The van der Waals surface area contributed by atoms with Gasteiger partial charge < -0.3 is 9.47 Å². The van der Waals surface area contributed by atoms with Crippen LogP contribution in [0.15, 0.2) is 0 Å². The Bertz CT molecular complexity index is 841. The molecule has 4 heteroatoms. The lowest BCUT2D eigenvalue weighted by atomic mass is 9.43. The molecule has 8 aliphatic rings. The van der Waals surface area contributed by atoms with Gasteiger partial charge in [0.2, 0.25) is 0 Å². The van der Waals surface area contributed by atoms with E-state index in [1.54, 1.807) is 0 Å². The van der Waals surface area contributed by atoms with Gasteiger partial charge in [-0.1, -0.05) is 13.8 Å². The van der Waals surface area contributed by atoms with Crippen molar-refractivity contribution >= 4 is 11.9 Å².